The number of rotatable bonds is 7. The maximum atomic E-state index is 4.85. The van der Waals surface area contributed by atoms with Crippen molar-refractivity contribution in [1.82, 2.24) is 9.97 Å². The Morgan fingerprint density at radius 3 is 1.47 bits per heavy atom. The Bertz CT molecular complexity index is 2980. The average Bonchev–Trinajstić information content (AvgIpc) is 3.62. The van der Waals surface area contributed by atoms with E-state index in [1.54, 1.807) is 6.20 Å². The molecule has 0 N–H and O–H groups in total. The Morgan fingerprint density at radius 1 is 0.316 bits per heavy atom. The second kappa shape index (κ2) is 13.6. The van der Waals surface area contributed by atoms with Gasteiger partial charge in [-0.15, -0.1) is 0 Å². The Morgan fingerprint density at radius 2 is 0.860 bits per heavy atom. The molecule has 0 radical (unpaired) electrons. The number of hydrogen-bond acceptors (Lipinski definition) is 3. The summed E-state index contributed by atoms with van der Waals surface area (Å²) in [6, 6.07) is 70.0. The molecule has 1 aliphatic rings. The summed E-state index contributed by atoms with van der Waals surface area (Å²) in [6.07, 6.45) is 5.58. The van der Waals surface area contributed by atoms with Crippen LogP contribution in [0, 0.1) is 0 Å². The van der Waals surface area contributed by atoms with Crippen molar-refractivity contribution in [3.63, 3.8) is 0 Å². The van der Waals surface area contributed by atoms with Crippen LogP contribution in [0.25, 0.3) is 88.4 Å². The van der Waals surface area contributed by atoms with Crippen LogP contribution in [-0.4, -0.2) is 9.97 Å². The molecule has 0 unspecified atom stereocenters. The Labute approximate surface area is 331 Å². The van der Waals surface area contributed by atoms with Crippen LogP contribution in [0.3, 0.4) is 0 Å². The highest BCUT2D eigenvalue weighted by molar-refractivity contribution is 6.28. The van der Waals surface area contributed by atoms with Crippen molar-refractivity contribution < 1.29 is 0 Å². The number of benzene rings is 8. The molecule has 0 fully saturated rings. The number of hydrogen-bond donors (Lipinski definition) is 0. The number of pyridine rings is 2. The first kappa shape index (κ1) is 32.8. The molecule has 3 nitrogen and oxygen atoms in total. The maximum Gasteiger partial charge on any atom is 0.0719 e. The van der Waals surface area contributed by atoms with Gasteiger partial charge in [0.15, 0.2) is 0 Å². The number of aromatic nitrogens is 2. The smallest absolute Gasteiger partial charge is 0.0719 e. The molecular weight excluding hydrogens is 691 g/mol. The van der Waals surface area contributed by atoms with Gasteiger partial charge in [0.2, 0.25) is 0 Å². The minimum atomic E-state index is 0.893. The predicted molar refractivity (Wildman–Crippen MR) is 238 cm³/mol. The van der Waals surface area contributed by atoms with Crippen LogP contribution in [-0.2, 0) is 0 Å². The molecule has 0 bridgehead atoms. The standard InChI is InChI=1S/C54H35N3/c1-4-14-37(15-5-1)50-45-21-10-11-22-46(45)51(38-16-6-2-7-17-38)54-48-31-30-43(44-23-12-24-47(52(44)48)53(50)54)36-25-27-41(28-26-36)57(40-19-8-3-9-20-40)42-29-32-49(56-35-42)39-18-13-33-55-34-39/h1-35H. The Kier molecular flexibility index (Phi) is 7.82. The largest absolute Gasteiger partial charge is 0.309 e. The lowest BCUT2D eigenvalue weighted by Gasteiger charge is -2.25. The van der Waals surface area contributed by atoms with E-state index in [-0.39, 0.29) is 0 Å². The van der Waals surface area contributed by atoms with Gasteiger partial charge in [-0.3, -0.25) is 9.97 Å². The van der Waals surface area contributed by atoms with Crippen molar-refractivity contribution in [2.75, 3.05) is 4.90 Å². The third-order valence-corrected chi connectivity index (χ3v) is 11.3. The van der Waals surface area contributed by atoms with E-state index in [4.69, 9.17) is 4.98 Å². The van der Waals surface area contributed by atoms with E-state index in [1.807, 2.05) is 24.5 Å². The summed E-state index contributed by atoms with van der Waals surface area (Å²) in [6.45, 7) is 0. The first-order valence-corrected chi connectivity index (χ1v) is 19.4. The quantitative estimate of drug-likeness (QED) is 0.164. The second-order valence-corrected chi connectivity index (χ2v) is 14.5. The van der Waals surface area contributed by atoms with Crippen molar-refractivity contribution in [3.05, 3.63) is 213 Å². The molecule has 8 aromatic carbocycles. The van der Waals surface area contributed by atoms with Crippen LogP contribution in [0.1, 0.15) is 0 Å². The first-order valence-electron chi connectivity index (χ1n) is 19.4. The van der Waals surface area contributed by atoms with Gasteiger partial charge in [0, 0.05) is 29.3 Å². The van der Waals surface area contributed by atoms with E-state index >= 15 is 0 Å². The molecule has 0 saturated carbocycles. The molecular formula is C54H35N3. The molecule has 0 spiro atoms. The zero-order valence-corrected chi connectivity index (χ0v) is 31.0. The lowest BCUT2D eigenvalue weighted by molar-refractivity contribution is 1.22. The summed E-state index contributed by atoms with van der Waals surface area (Å²) in [5, 5.41) is 5.11. The number of fused-ring (bicyclic) bond motifs is 4. The molecule has 3 heteroatoms. The predicted octanol–water partition coefficient (Wildman–Crippen LogP) is 14.6. The molecule has 0 aliphatic heterocycles. The highest BCUT2D eigenvalue weighted by Gasteiger charge is 2.31. The summed E-state index contributed by atoms with van der Waals surface area (Å²) in [7, 11) is 0. The topological polar surface area (TPSA) is 29.0 Å². The van der Waals surface area contributed by atoms with Crippen molar-refractivity contribution >= 4 is 38.6 Å². The van der Waals surface area contributed by atoms with Gasteiger partial charge in [-0.2, -0.15) is 0 Å². The van der Waals surface area contributed by atoms with Gasteiger partial charge in [-0.1, -0.05) is 146 Å². The first-order chi connectivity index (χ1) is 28.3. The summed E-state index contributed by atoms with van der Waals surface area (Å²) in [5.74, 6) is 0. The molecule has 266 valence electrons. The number of nitrogens with zero attached hydrogens (tertiary/aromatic N) is 3. The van der Waals surface area contributed by atoms with Crippen LogP contribution in [0.4, 0.5) is 17.1 Å². The van der Waals surface area contributed by atoms with E-state index in [9.17, 15) is 0 Å². The van der Waals surface area contributed by atoms with E-state index < -0.39 is 0 Å². The fourth-order valence-electron chi connectivity index (χ4n) is 8.88. The summed E-state index contributed by atoms with van der Waals surface area (Å²) in [4.78, 5) is 11.4. The molecule has 0 saturated heterocycles. The van der Waals surface area contributed by atoms with Gasteiger partial charge in [0.05, 0.1) is 17.6 Å². The average molecular weight is 726 g/mol. The van der Waals surface area contributed by atoms with Gasteiger partial charge in [0.25, 0.3) is 0 Å². The van der Waals surface area contributed by atoms with E-state index in [0.717, 1.165) is 28.3 Å². The molecule has 0 atom stereocenters. The SMILES string of the molecule is c1ccc(-c2c3c(c(-c4ccccc4)c4ccccc24)-c2ccc(-c4ccc(N(c5ccccc5)c5ccc(-c6cccnc6)nc5)cc4)c4cccc-3c24)cc1. The summed E-state index contributed by atoms with van der Waals surface area (Å²) in [5.41, 5.74) is 17.6. The Hall–Kier alpha value is -7.62. The third-order valence-electron chi connectivity index (χ3n) is 11.3. The molecule has 2 aromatic heterocycles. The van der Waals surface area contributed by atoms with Crippen molar-refractivity contribution in [2.24, 2.45) is 0 Å². The second-order valence-electron chi connectivity index (χ2n) is 14.5. The van der Waals surface area contributed by atoms with Gasteiger partial charge < -0.3 is 4.90 Å². The van der Waals surface area contributed by atoms with E-state index in [1.165, 1.54) is 77.2 Å². The molecule has 57 heavy (non-hydrogen) atoms. The van der Waals surface area contributed by atoms with Gasteiger partial charge in [0.1, 0.15) is 0 Å². The van der Waals surface area contributed by atoms with Crippen molar-refractivity contribution in [3.8, 4) is 66.9 Å². The Balaban J connectivity index is 1.07. The van der Waals surface area contributed by atoms with Crippen LogP contribution < -0.4 is 4.90 Å². The molecule has 0 amide bonds. The third kappa shape index (κ3) is 5.43. The number of para-hydroxylation sites is 1. The zero-order chi connectivity index (χ0) is 37.7. The highest BCUT2D eigenvalue weighted by Crippen LogP contribution is 2.58. The minimum Gasteiger partial charge on any atom is -0.309 e. The van der Waals surface area contributed by atoms with Gasteiger partial charge in [-0.05, 0) is 126 Å². The summed E-state index contributed by atoms with van der Waals surface area (Å²) < 4.78 is 0. The lowest BCUT2D eigenvalue weighted by atomic mass is 9.82. The maximum absolute atomic E-state index is 4.85. The number of anilines is 3. The lowest BCUT2D eigenvalue weighted by Crippen LogP contribution is -2.10. The van der Waals surface area contributed by atoms with E-state index in [2.05, 4.69) is 192 Å². The summed E-state index contributed by atoms with van der Waals surface area (Å²) >= 11 is 0. The van der Waals surface area contributed by atoms with Crippen LogP contribution in [0.2, 0.25) is 0 Å². The van der Waals surface area contributed by atoms with Gasteiger partial charge >= 0.3 is 0 Å². The van der Waals surface area contributed by atoms with Gasteiger partial charge in [-0.25, -0.2) is 0 Å². The molecule has 11 rings (SSSR count). The van der Waals surface area contributed by atoms with Crippen molar-refractivity contribution in [1.29, 1.82) is 0 Å². The molecule has 1 aliphatic carbocycles. The van der Waals surface area contributed by atoms with Crippen molar-refractivity contribution in [2.45, 2.75) is 0 Å². The fraction of sp³-hybridized carbons (Fsp3) is 0. The van der Waals surface area contributed by atoms with E-state index in [0.29, 0.717) is 0 Å². The van der Waals surface area contributed by atoms with Crippen LogP contribution in [0.5, 0.6) is 0 Å². The zero-order valence-electron chi connectivity index (χ0n) is 31.0. The fourth-order valence-corrected chi connectivity index (χ4v) is 8.88. The minimum absolute atomic E-state index is 0.893. The monoisotopic (exact) mass is 725 g/mol. The molecule has 2 heterocycles. The molecule has 10 aromatic rings. The normalized spacial score (nSPS) is 11.5. The highest BCUT2D eigenvalue weighted by atomic mass is 15.1. The van der Waals surface area contributed by atoms with Crippen LogP contribution in [0.15, 0.2) is 213 Å². The van der Waals surface area contributed by atoms with Crippen LogP contribution >= 0.6 is 0 Å².